The molecule has 5 heteroatoms. The summed E-state index contributed by atoms with van der Waals surface area (Å²) in [6.07, 6.45) is 3.34. The number of nitrogens with zero attached hydrogens (tertiary/aromatic N) is 1. The summed E-state index contributed by atoms with van der Waals surface area (Å²) in [5, 5.41) is 0. The van der Waals surface area contributed by atoms with E-state index in [9.17, 15) is 9.59 Å². The summed E-state index contributed by atoms with van der Waals surface area (Å²) in [5.74, 6) is 0.420. The zero-order valence-corrected chi connectivity index (χ0v) is 12.4. The van der Waals surface area contributed by atoms with Gasteiger partial charge in [0.15, 0.2) is 6.61 Å². The Hall–Kier alpha value is -2.04. The minimum atomic E-state index is -0.554. The van der Waals surface area contributed by atoms with Crippen LogP contribution in [0.5, 0.6) is 5.75 Å². The first-order valence-electron chi connectivity index (χ1n) is 7.41. The molecule has 2 N–H and O–H groups in total. The number of primary amides is 1. The van der Waals surface area contributed by atoms with Crippen LogP contribution in [0.3, 0.4) is 0 Å². The molecule has 0 aliphatic heterocycles. The van der Waals surface area contributed by atoms with Gasteiger partial charge in [-0.25, -0.2) is 0 Å². The second-order valence-electron chi connectivity index (χ2n) is 5.43. The Morgan fingerprint density at radius 3 is 2.67 bits per heavy atom. The van der Waals surface area contributed by atoms with E-state index in [1.165, 1.54) is 12.8 Å². The van der Waals surface area contributed by atoms with Crippen LogP contribution in [0.2, 0.25) is 0 Å². The standard InChI is InChI=1S/C16H22N2O3/c1-2-9-18(10-12-7-8-12)15(19)11-21-14-6-4-3-5-13(14)16(17)20/h3-6,12H,2,7-11H2,1H3,(H2,17,20). The Morgan fingerprint density at radius 2 is 2.05 bits per heavy atom. The van der Waals surface area contributed by atoms with Crippen LogP contribution in [0.4, 0.5) is 0 Å². The highest BCUT2D eigenvalue weighted by Crippen LogP contribution is 2.29. The fraction of sp³-hybridized carbons (Fsp3) is 0.500. The SMILES string of the molecule is CCCN(CC1CC1)C(=O)COc1ccccc1C(N)=O. The molecule has 1 aromatic carbocycles. The molecule has 0 heterocycles. The molecule has 0 unspecified atom stereocenters. The van der Waals surface area contributed by atoms with Gasteiger partial charge in [-0.2, -0.15) is 0 Å². The van der Waals surface area contributed by atoms with Crippen molar-refractivity contribution in [3.8, 4) is 5.75 Å². The molecule has 2 amide bonds. The summed E-state index contributed by atoms with van der Waals surface area (Å²) in [6, 6.07) is 6.71. The third kappa shape index (κ3) is 4.48. The first-order valence-corrected chi connectivity index (χ1v) is 7.41. The van der Waals surface area contributed by atoms with E-state index >= 15 is 0 Å². The zero-order chi connectivity index (χ0) is 15.2. The summed E-state index contributed by atoms with van der Waals surface area (Å²) in [7, 11) is 0. The molecule has 0 spiro atoms. The topological polar surface area (TPSA) is 72.6 Å². The van der Waals surface area contributed by atoms with Crippen molar-refractivity contribution in [1.82, 2.24) is 4.90 Å². The van der Waals surface area contributed by atoms with Crippen LogP contribution < -0.4 is 10.5 Å². The van der Waals surface area contributed by atoms with E-state index in [0.717, 1.165) is 19.5 Å². The predicted octanol–water partition coefficient (Wildman–Crippen LogP) is 1.81. The van der Waals surface area contributed by atoms with Crippen molar-refractivity contribution < 1.29 is 14.3 Å². The van der Waals surface area contributed by atoms with Gasteiger partial charge >= 0.3 is 0 Å². The first-order chi connectivity index (χ1) is 10.1. The Labute approximate surface area is 125 Å². The minimum Gasteiger partial charge on any atom is -0.483 e. The quantitative estimate of drug-likeness (QED) is 0.793. The molecule has 0 bridgehead atoms. The molecule has 114 valence electrons. The molecule has 21 heavy (non-hydrogen) atoms. The summed E-state index contributed by atoms with van der Waals surface area (Å²) in [6.45, 7) is 3.55. The molecule has 1 aliphatic carbocycles. The monoisotopic (exact) mass is 290 g/mol. The van der Waals surface area contributed by atoms with E-state index in [1.807, 2.05) is 4.90 Å². The maximum absolute atomic E-state index is 12.2. The van der Waals surface area contributed by atoms with Crippen molar-refractivity contribution in [2.45, 2.75) is 26.2 Å². The van der Waals surface area contributed by atoms with Gasteiger partial charge in [-0.3, -0.25) is 9.59 Å². The predicted molar refractivity (Wildman–Crippen MR) is 80.0 cm³/mol. The number of carbonyl (C=O) groups is 2. The highest BCUT2D eigenvalue weighted by molar-refractivity contribution is 5.95. The molecule has 1 fully saturated rings. The smallest absolute Gasteiger partial charge is 0.260 e. The third-order valence-corrected chi connectivity index (χ3v) is 3.53. The summed E-state index contributed by atoms with van der Waals surface area (Å²) in [4.78, 5) is 25.4. The van der Waals surface area contributed by atoms with Crippen LogP contribution in [-0.2, 0) is 4.79 Å². The number of para-hydroxylation sites is 1. The number of amides is 2. The normalized spacial score (nSPS) is 13.8. The number of hydrogen-bond donors (Lipinski definition) is 1. The largest absolute Gasteiger partial charge is 0.483 e. The number of hydrogen-bond acceptors (Lipinski definition) is 3. The van der Waals surface area contributed by atoms with Gasteiger partial charge in [-0.05, 0) is 37.3 Å². The second kappa shape index (κ2) is 7.11. The Kier molecular flexibility index (Phi) is 5.20. The van der Waals surface area contributed by atoms with E-state index < -0.39 is 5.91 Å². The highest BCUT2D eigenvalue weighted by atomic mass is 16.5. The van der Waals surface area contributed by atoms with E-state index in [0.29, 0.717) is 17.2 Å². The molecular formula is C16H22N2O3. The second-order valence-corrected chi connectivity index (χ2v) is 5.43. The van der Waals surface area contributed by atoms with Gasteiger partial charge in [0.2, 0.25) is 0 Å². The maximum atomic E-state index is 12.2. The van der Waals surface area contributed by atoms with Gasteiger partial charge < -0.3 is 15.4 Å². The molecule has 1 aromatic rings. The van der Waals surface area contributed by atoms with E-state index in [1.54, 1.807) is 24.3 Å². The minimum absolute atomic E-state index is 0.0389. The van der Waals surface area contributed by atoms with Crippen LogP contribution in [0.15, 0.2) is 24.3 Å². The fourth-order valence-corrected chi connectivity index (χ4v) is 2.23. The van der Waals surface area contributed by atoms with Gasteiger partial charge in [0, 0.05) is 13.1 Å². The molecule has 1 saturated carbocycles. The van der Waals surface area contributed by atoms with Crippen LogP contribution in [0.25, 0.3) is 0 Å². The summed E-state index contributed by atoms with van der Waals surface area (Å²) in [5.41, 5.74) is 5.59. The molecule has 0 radical (unpaired) electrons. The maximum Gasteiger partial charge on any atom is 0.260 e. The lowest BCUT2D eigenvalue weighted by Gasteiger charge is -2.22. The van der Waals surface area contributed by atoms with Gasteiger partial charge in [0.05, 0.1) is 5.56 Å². The Balaban J connectivity index is 1.94. The molecule has 0 atom stereocenters. The highest BCUT2D eigenvalue weighted by Gasteiger charge is 2.26. The average Bonchev–Trinajstić information content (AvgIpc) is 3.28. The molecule has 0 saturated heterocycles. The summed E-state index contributed by atoms with van der Waals surface area (Å²) >= 11 is 0. The number of ether oxygens (including phenoxy) is 1. The average molecular weight is 290 g/mol. The van der Waals surface area contributed by atoms with Crippen molar-refractivity contribution in [3.05, 3.63) is 29.8 Å². The first kappa shape index (κ1) is 15.4. The van der Waals surface area contributed by atoms with E-state index in [4.69, 9.17) is 10.5 Å². The number of rotatable bonds is 8. The lowest BCUT2D eigenvalue weighted by molar-refractivity contribution is -0.133. The van der Waals surface area contributed by atoms with Crippen molar-refractivity contribution >= 4 is 11.8 Å². The zero-order valence-electron chi connectivity index (χ0n) is 12.4. The molecule has 0 aromatic heterocycles. The van der Waals surface area contributed by atoms with Gasteiger partial charge in [0.25, 0.3) is 11.8 Å². The van der Waals surface area contributed by atoms with Crippen LogP contribution in [-0.4, -0.2) is 36.4 Å². The fourth-order valence-electron chi connectivity index (χ4n) is 2.23. The Bertz CT molecular complexity index is 512. The van der Waals surface area contributed by atoms with Crippen molar-refractivity contribution in [2.24, 2.45) is 11.7 Å². The van der Waals surface area contributed by atoms with E-state index in [2.05, 4.69) is 6.92 Å². The van der Waals surface area contributed by atoms with Crippen LogP contribution in [0.1, 0.15) is 36.5 Å². The van der Waals surface area contributed by atoms with Crippen molar-refractivity contribution in [1.29, 1.82) is 0 Å². The van der Waals surface area contributed by atoms with Gasteiger partial charge in [0.1, 0.15) is 5.75 Å². The summed E-state index contributed by atoms with van der Waals surface area (Å²) < 4.78 is 5.50. The van der Waals surface area contributed by atoms with Crippen LogP contribution >= 0.6 is 0 Å². The van der Waals surface area contributed by atoms with Crippen LogP contribution in [0, 0.1) is 5.92 Å². The number of nitrogens with two attached hydrogens (primary N) is 1. The molecule has 5 nitrogen and oxygen atoms in total. The number of benzene rings is 1. The Morgan fingerprint density at radius 1 is 1.33 bits per heavy atom. The lowest BCUT2D eigenvalue weighted by atomic mass is 10.2. The molecule has 1 aliphatic rings. The molecular weight excluding hydrogens is 268 g/mol. The number of carbonyl (C=O) groups excluding carboxylic acids is 2. The lowest BCUT2D eigenvalue weighted by Crippen LogP contribution is -2.37. The third-order valence-electron chi connectivity index (χ3n) is 3.53. The van der Waals surface area contributed by atoms with E-state index in [-0.39, 0.29) is 12.5 Å². The van der Waals surface area contributed by atoms with Crippen molar-refractivity contribution in [2.75, 3.05) is 19.7 Å². The van der Waals surface area contributed by atoms with Gasteiger partial charge in [-0.1, -0.05) is 19.1 Å². The van der Waals surface area contributed by atoms with Gasteiger partial charge in [-0.15, -0.1) is 0 Å². The van der Waals surface area contributed by atoms with Crippen molar-refractivity contribution in [3.63, 3.8) is 0 Å². The molecule has 2 rings (SSSR count).